The lowest BCUT2D eigenvalue weighted by molar-refractivity contribution is 0.283. The van der Waals surface area contributed by atoms with E-state index in [-0.39, 0.29) is 6.61 Å². The van der Waals surface area contributed by atoms with Crippen molar-refractivity contribution in [3.05, 3.63) is 35.9 Å². The smallest absolute Gasteiger partial charge is 0.129 e. The van der Waals surface area contributed by atoms with Gasteiger partial charge >= 0.3 is 0 Å². The van der Waals surface area contributed by atoms with Gasteiger partial charge in [0.05, 0.1) is 12.1 Å². The highest BCUT2D eigenvalue weighted by Crippen LogP contribution is 2.40. The number of pyridine rings is 1. The third-order valence-corrected chi connectivity index (χ3v) is 4.66. The highest BCUT2D eigenvalue weighted by molar-refractivity contribution is 5.84. The molecule has 2 aromatic rings. The highest BCUT2D eigenvalue weighted by atomic mass is 16.3. The minimum Gasteiger partial charge on any atom is -0.392 e. The summed E-state index contributed by atoms with van der Waals surface area (Å²) in [7, 11) is 0. The number of para-hydroxylation sites is 1. The van der Waals surface area contributed by atoms with Gasteiger partial charge in [-0.1, -0.05) is 18.2 Å². The molecule has 0 radical (unpaired) electrons. The van der Waals surface area contributed by atoms with Crippen molar-refractivity contribution < 1.29 is 5.11 Å². The summed E-state index contributed by atoms with van der Waals surface area (Å²) < 4.78 is 0. The van der Waals surface area contributed by atoms with Crippen molar-refractivity contribution in [1.29, 1.82) is 0 Å². The largest absolute Gasteiger partial charge is 0.392 e. The number of hydrogen-bond acceptors (Lipinski definition) is 3. The van der Waals surface area contributed by atoms with Gasteiger partial charge in [-0.05, 0) is 42.9 Å². The highest BCUT2D eigenvalue weighted by Gasteiger charge is 2.38. The number of hydrogen-bond donors (Lipinski definition) is 1. The summed E-state index contributed by atoms with van der Waals surface area (Å²) in [5.74, 6) is 1.91. The number of nitrogens with zero attached hydrogens (tertiary/aromatic N) is 2. The number of benzene rings is 1. The van der Waals surface area contributed by atoms with Crippen molar-refractivity contribution in [1.82, 2.24) is 4.98 Å². The fraction of sp³-hybridized carbons (Fsp3) is 0.438. The molecule has 2 fully saturated rings. The molecular formula is C16H18N2O. The Morgan fingerprint density at radius 3 is 2.89 bits per heavy atom. The first kappa shape index (κ1) is 11.2. The van der Waals surface area contributed by atoms with Crippen LogP contribution < -0.4 is 4.90 Å². The summed E-state index contributed by atoms with van der Waals surface area (Å²) >= 11 is 0. The Labute approximate surface area is 112 Å². The van der Waals surface area contributed by atoms with Gasteiger partial charge in [-0.25, -0.2) is 4.98 Å². The third-order valence-electron chi connectivity index (χ3n) is 4.66. The van der Waals surface area contributed by atoms with Crippen LogP contribution >= 0.6 is 0 Å². The molecule has 19 heavy (non-hydrogen) atoms. The van der Waals surface area contributed by atoms with Crippen LogP contribution in [0.4, 0.5) is 5.82 Å². The van der Waals surface area contributed by atoms with Gasteiger partial charge in [0.1, 0.15) is 5.82 Å². The van der Waals surface area contributed by atoms with Crippen LogP contribution in [0.5, 0.6) is 0 Å². The summed E-state index contributed by atoms with van der Waals surface area (Å²) in [6.07, 6.45) is 4.00. The molecule has 2 bridgehead atoms. The first-order valence-corrected chi connectivity index (χ1v) is 7.11. The molecule has 4 rings (SSSR count). The zero-order valence-electron chi connectivity index (χ0n) is 10.9. The van der Waals surface area contributed by atoms with E-state index in [1.165, 1.54) is 19.3 Å². The van der Waals surface area contributed by atoms with Crippen LogP contribution in [0, 0.1) is 5.92 Å². The zero-order valence-corrected chi connectivity index (χ0v) is 10.9. The van der Waals surface area contributed by atoms with Crippen molar-refractivity contribution in [3.8, 4) is 0 Å². The minimum atomic E-state index is 0.0813. The molecule has 2 unspecified atom stereocenters. The van der Waals surface area contributed by atoms with E-state index in [4.69, 9.17) is 4.98 Å². The summed E-state index contributed by atoms with van der Waals surface area (Å²) in [6, 6.07) is 10.8. The predicted octanol–water partition coefficient (Wildman–Crippen LogP) is 2.72. The summed E-state index contributed by atoms with van der Waals surface area (Å²) in [5, 5.41) is 10.7. The summed E-state index contributed by atoms with van der Waals surface area (Å²) in [5.41, 5.74) is 1.98. The van der Waals surface area contributed by atoms with Crippen LogP contribution in [0.15, 0.2) is 30.3 Å². The molecule has 1 aliphatic heterocycles. The first-order valence-electron chi connectivity index (χ1n) is 7.11. The van der Waals surface area contributed by atoms with Gasteiger partial charge in [0, 0.05) is 18.0 Å². The summed E-state index contributed by atoms with van der Waals surface area (Å²) in [4.78, 5) is 7.24. The molecule has 1 aliphatic carbocycles. The van der Waals surface area contributed by atoms with Crippen LogP contribution in [0.3, 0.4) is 0 Å². The summed E-state index contributed by atoms with van der Waals surface area (Å²) in [6.45, 7) is 1.22. The van der Waals surface area contributed by atoms with Crippen molar-refractivity contribution >= 4 is 16.7 Å². The molecule has 3 heteroatoms. The van der Waals surface area contributed by atoms with E-state index in [1.807, 2.05) is 24.3 Å². The molecule has 2 aliphatic rings. The van der Waals surface area contributed by atoms with Gasteiger partial charge in [0.15, 0.2) is 0 Å². The molecule has 1 N–H and O–H groups in total. The van der Waals surface area contributed by atoms with Crippen LogP contribution in [-0.2, 0) is 6.61 Å². The lowest BCUT2D eigenvalue weighted by atomic mass is 10.1. The molecule has 0 spiro atoms. The molecule has 1 saturated carbocycles. The molecule has 1 aromatic heterocycles. The fourth-order valence-electron chi connectivity index (χ4n) is 3.72. The maximum absolute atomic E-state index is 9.59. The Kier molecular flexibility index (Phi) is 2.49. The number of aliphatic hydroxyl groups is 1. The maximum Gasteiger partial charge on any atom is 0.129 e. The van der Waals surface area contributed by atoms with E-state index in [1.54, 1.807) is 0 Å². The Hall–Kier alpha value is -1.61. The molecular weight excluding hydrogens is 236 g/mol. The molecule has 2 atom stereocenters. The van der Waals surface area contributed by atoms with Crippen molar-refractivity contribution in [3.63, 3.8) is 0 Å². The van der Waals surface area contributed by atoms with Gasteiger partial charge in [-0.3, -0.25) is 0 Å². The number of aliphatic hydroxyl groups excluding tert-OH is 1. The van der Waals surface area contributed by atoms with Gasteiger partial charge in [-0.2, -0.15) is 0 Å². The van der Waals surface area contributed by atoms with E-state index in [2.05, 4.69) is 11.0 Å². The lowest BCUT2D eigenvalue weighted by Crippen LogP contribution is -2.32. The Balaban J connectivity index is 1.82. The van der Waals surface area contributed by atoms with Gasteiger partial charge < -0.3 is 10.0 Å². The Bertz CT molecular complexity index is 625. The molecule has 98 valence electrons. The van der Waals surface area contributed by atoms with E-state index in [0.29, 0.717) is 6.04 Å². The van der Waals surface area contributed by atoms with Crippen molar-refractivity contribution in [2.24, 2.45) is 5.92 Å². The molecule has 2 heterocycles. The van der Waals surface area contributed by atoms with Gasteiger partial charge in [-0.15, -0.1) is 0 Å². The zero-order chi connectivity index (χ0) is 12.8. The average Bonchev–Trinajstić information content (AvgIpc) is 3.08. The number of piperidine rings is 1. The monoisotopic (exact) mass is 254 g/mol. The van der Waals surface area contributed by atoms with Crippen LogP contribution in [0.2, 0.25) is 0 Å². The van der Waals surface area contributed by atoms with E-state index >= 15 is 0 Å². The SMILES string of the molecule is OCc1cc(N2CC3CCC2C3)nc2ccccc12. The average molecular weight is 254 g/mol. The normalized spacial score (nSPS) is 25.4. The topological polar surface area (TPSA) is 36.4 Å². The molecule has 1 aromatic carbocycles. The van der Waals surface area contributed by atoms with E-state index < -0.39 is 0 Å². The first-order chi connectivity index (χ1) is 9.35. The maximum atomic E-state index is 9.59. The number of anilines is 1. The van der Waals surface area contributed by atoms with E-state index in [9.17, 15) is 5.11 Å². The number of rotatable bonds is 2. The second-order valence-corrected chi connectivity index (χ2v) is 5.80. The van der Waals surface area contributed by atoms with Gasteiger partial charge in [0.25, 0.3) is 0 Å². The predicted molar refractivity (Wildman–Crippen MR) is 76.1 cm³/mol. The van der Waals surface area contributed by atoms with Crippen LogP contribution in [0.1, 0.15) is 24.8 Å². The minimum absolute atomic E-state index is 0.0813. The standard InChI is InChI=1S/C16H18N2O/c19-10-12-8-16(17-15-4-2-1-3-14(12)15)18-9-11-5-6-13(18)7-11/h1-4,8,11,13,19H,5-7,9-10H2. The number of aromatic nitrogens is 1. The third kappa shape index (κ3) is 1.72. The Morgan fingerprint density at radius 2 is 2.16 bits per heavy atom. The van der Waals surface area contributed by atoms with Gasteiger partial charge in [0.2, 0.25) is 0 Å². The Morgan fingerprint density at radius 1 is 1.26 bits per heavy atom. The molecule has 1 saturated heterocycles. The van der Waals surface area contributed by atoms with Crippen molar-refractivity contribution in [2.75, 3.05) is 11.4 Å². The fourth-order valence-corrected chi connectivity index (χ4v) is 3.72. The molecule has 3 nitrogen and oxygen atoms in total. The van der Waals surface area contributed by atoms with Crippen molar-refractivity contribution in [2.45, 2.75) is 31.9 Å². The lowest BCUT2D eigenvalue weighted by Gasteiger charge is -2.28. The second kappa shape index (κ2) is 4.20. The van der Waals surface area contributed by atoms with Crippen LogP contribution in [0.25, 0.3) is 10.9 Å². The van der Waals surface area contributed by atoms with E-state index in [0.717, 1.165) is 34.7 Å². The molecule has 0 amide bonds. The quantitative estimate of drug-likeness (QED) is 0.895. The van der Waals surface area contributed by atoms with Crippen LogP contribution in [-0.4, -0.2) is 22.7 Å². The number of fused-ring (bicyclic) bond motifs is 3. The second-order valence-electron chi connectivity index (χ2n) is 5.80.